The van der Waals surface area contributed by atoms with Crippen LogP contribution in [0.15, 0.2) is 44.5 Å². The number of carbonyl (C=O) groups is 1. The number of hydrogen-bond acceptors (Lipinski definition) is 5. The minimum atomic E-state index is -3.91. The summed E-state index contributed by atoms with van der Waals surface area (Å²) in [7, 11) is -3.91. The summed E-state index contributed by atoms with van der Waals surface area (Å²) in [6.07, 6.45) is 1.83. The van der Waals surface area contributed by atoms with Crippen LogP contribution in [0.4, 0.5) is 5.69 Å². The zero-order chi connectivity index (χ0) is 15.6. The summed E-state index contributed by atoms with van der Waals surface area (Å²) in [5.74, 6) is -1.70. The first-order valence-electron chi connectivity index (χ1n) is 5.84. The van der Waals surface area contributed by atoms with E-state index < -0.39 is 21.8 Å². The molecule has 0 amide bonds. The van der Waals surface area contributed by atoms with E-state index in [1.165, 1.54) is 18.7 Å². The quantitative estimate of drug-likeness (QED) is 0.820. The second-order valence-electron chi connectivity index (χ2n) is 4.14. The van der Waals surface area contributed by atoms with E-state index in [0.29, 0.717) is 5.69 Å². The Kier molecular flexibility index (Phi) is 4.29. The topological polar surface area (TPSA) is 96.6 Å². The average Bonchev–Trinajstić information content (AvgIpc) is 2.82. The van der Waals surface area contributed by atoms with Crippen LogP contribution in [0.1, 0.15) is 16.3 Å². The molecule has 8 heteroatoms. The molecule has 0 aliphatic rings. The van der Waals surface area contributed by atoms with Crippen LogP contribution in [0, 0.1) is 6.92 Å². The van der Waals surface area contributed by atoms with Gasteiger partial charge >= 0.3 is 5.97 Å². The number of para-hydroxylation sites is 1. The number of furan rings is 1. The molecule has 112 valence electrons. The van der Waals surface area contributed by atoms with Gasteiger partial charge in [-0.05, 0) is 25.3 Å². The second kappa shape index (κ2) is 5.82. The number of aromatic carboxylic acids is 1. The Morgan fingerprint density at radius 1 is 1.33 bits per heavy atom. The minimum Gasteiger partial charge on any atom is -0.475 e. The van der Waals surface area contributed by atoms with Gasteiger partial charge in [0.05, 0.1) is 5.69 Å². The first-order valence-corrected chi connectivity index (χ1v) is 8.55. The lowest BCUT2D eigenvalue weighted by molar-refractivity contribution is 0.0661. The van der Waals surface area contributed by atoms with Crippen LogP contribution >= 0.6 is 11.8 Å². The van der Waals surface area contributed by atoms with Crippen LogP contribution in [0.2, 0.25) is 0 Å². The molecule has 0 aliphatic heterocycles. The van der Waals surface area contributed by atoms with Crippen LogP contribution in [0.5, 0.6) is 0 Å². The van der Waals surface area contributed by atoms with Crippen molar-refractivity contribution in [3.8, 4) is 0 Å². The summed E-state index contributed by atoms with van der Waals surface area (Å²) in [6.45, 7) is 1.40. The summed E-state index contributed by atoms with van der Waals surface area (Å²) < 4.78 is 32.1. The van der Waals surface area contributed by atoms with Crippen molar-refractivity contribution in [3.63, 3.8) is 0 Å². The molecule has 0 unspecified atom stereocenters. The molecule has 0 saturated heterocycles. The number of benzene rings is 1. The first kappa shape index (κ1) is 15.5. The number of aryl methyl sites for hydroxylation is 1. The maximum absolute atomic E-state index is 12.4. The number of sulfonamides is 1. The van der Waals surface area contributed by atoms with Gasteiger partial charge < -0.3 is 9.52 Å². The predicted molar refractivity (Wildman–Crippen MR) is 79.4 cm³/mol. The molecule has 1 aromatic heterocycles. The Hall–Kier alpha value is -1.93. The zero-order valence-corrected chi connectivity index (χ0v) is 12.9. The van der Waals surface area contributed by atoms with Gasteiger partial charge in [-0.25, -0.2) is 13.2 Å². The summed E-state index contributed by atoms with van der Waals surface area (Å²) in [5, 5.41) is 8.85. The Morgan fingerprint density at radius 3 is 2.57 bits per heavy atom. The largest absolute Gasteiger partial charge is 0.475 e. The van der Waals surface area contributed by atoms with E-state index in [-0.39, 0.29) is 10.7 Å². The molecule has 0 aliphatic carbocycles. The lowest BCUT2D eigenvalue weighted by Gasteiger charge is -2.10. The molecule has 0 saturated carbocycles. The normalized spacial score (nSPS) is 11.3. The molecular weight excluding hydrogens is 314 g/mol. The van der Waals surface area contributed by atoms with Crippen LogP contribution in [0.25, 0.3) is 0 Å². The van der Waals surface area contributed by atoms with Gasteiger partial charge in [-0.15, -0.1) is 11.8 Å². The Morgan fingerprint density at radius 2 is 2.00 bits per heavy atom. The third-order valence-electron chi connectivity index (χ3n) is 2.72. The molecule has 0 spiro atoms. The molecule has 1 aromatic carbocycles. The van der Waals surface area contributed by atoms with Crippen LogP contribution < -0.4 is 4.72 Å². The lowest BCUT2D eigenvalue weighted by Crippen LogP contribution is -2.13. The smallest absolute Gasteiger partial charge is 0.371 e. The predicted octanol–water partition coefficient (Wildman–Crippen LogP) is 2.81. The summed E-state index contributed by atoms with van der Waals surface area (Å²) >= 11 is 1.40. The highest BCUT2D eigenvalue weighted by molar-refractivity contribution is 7.99. The van der Waals surface area contributed by atoms with Crippen molar-refractivity contribution in [2.45, 2.75) is 16.7 Å². The van der Waals surface area contributed by atoms with Gasteiger partial charge in [-0.1, -0.05) is 12.1 Å². The van der Waals surface area contributed by atoms with Crippen molar-refractivity contribution in [2.24, 2.45) is 0 Å². The molecule has 21 heavy (non-hydrogen) atoms. The first-order chi connectivity index (χ1) is 9.85. The number of thioether (sulfide) groups is 1. The van der Waals surface area contributed by atoms with E-state index in [4.69, 9.17) is 9.52 Å². The van der Waals surface area contributed by atoms with E-state index in [2.05, 4.69) is 4.72 Å². The van der Waals surface area contributed by atoms with Gasteiger partial charge in [0.1, 0.15) is 10.7 Å². The summed E-state index contributed by atoms with van der Waals surface area (Å²) in [4.78, 5) is 11.4. The molecular formula is C13H13NO5S2. The van der Waals surface area contributed by atoms with Gasteiger partial charge in [0, 0.05) is 11.0 Å². The molecule has 0 radical (unpaired) electrons. The Balaban J connectivity index is 2.41. The third-order valence-corrected chi connectivity index (χ3v) is 4.99. The number of anilines is 1. The third kappa shape index (κ3) is 3.22. The fourth-order valence-corrected chi connectivity index (χ4v) is 3.64. The van der Waals surface area contributed by atoms with Gasteiger partial charge in [-0.3, -0.25) is 4.72 Å². The molecule has 0 atom stereocenters. The maximum atomic E-state index is 12.4. The van der Waals surface area contributed by atoms with Crippen molar-refractivity contribution in [2.75, 3.05) is 11.0 Å². The summed E-state index contributed by atoms with van der Waals surface area (Å²) in [6, 6.07) is 7.93. The van der Waals surface area contributed by atoms with Crippen LogP contribution in [0.3, 0.4) is 0 Å². The Bertz CT molecular complexity index is 780. The maximum Gasteiger partial charge on any atom is 0.371 e. The van der Waals surface area contributed by atoms with E-state index in [1.807, 2.05) is 6.26 Å². The highest BCUT2D eigenvalue weighted by atomic mass is 32.2. The number of nitrogens with one attached hydrogen (secondary N) is 1. The average molecular weight is 327 g/mol. The molecule has 1 heterocycles. The highest BCUT2D eigenvalue weighted by Crippen LogP contribution is 2.28. The standard InChI is InChI=1S/C13H13NO5S2/c1-8-12(7-10(19-8)13(15)16)21(17,18)14-9-5-3-4-6-11(9)20-2/h3-7,14H,1-2H3,(H,15,16). The van der Waals surface area contributed by atoms with Crippen molar-refractivity contribution >= 4 is 33.4 Å². The van der Waals surface area contributed by atoms with Crippen molar-refractivity contribution < 1.29 is 22.7 Å². The molecule has 2 aromatic rings. The monoisotopic (exact) mass is 327 g/mol. The fraction of sp³-hybridized carbons (Fsp3) is 0.154. The second-order valence-corrected chi connectivity index (χ2v) is 6.64. The van der Waals surface area contributed by atoms with Crippen molar-refractivity contribution in [1.82, 2.24) is 0 Å². The van der Waals surface area contributed by atoms with E-state index >= 15 is 0 Å². The van der Waals surface area contributed by atoms with Gasteiger partial charge in [0.25, 0.3) is 10.0 Å². The number of carboxylic acids is 1. The van der Waals surface area contributed by atoms with E-state index in [9.17, 15) is 13.2 Å². The van der Waals surface area contributed by atoms with Gasteiger partial charge in [-0.2, -0.15) is 0 Å². The van der Waals surface area contributed by atoms with Crippen molar-refractivity contribution in [3.05, 3.63) is 41.9 Å². The van der Waals surface area contributed by atoms with Gasteiger partial charge in [0.15, 0.2) is 0 Å². The molecule has 6 nitrogen and oxygen atoms in total. The van der Waals surface area contributed by atoms with Crippen molar-refractivity contribution in [1.29, 1.82) is 0 Å². The Labute approximate surface area is 126 Å². The van der Waals surface area contributed by atoms with Crippen LogP contribution in [-0.4, -0.2) is 25.7 Å². The SMILES string of the molecule is CSc1ccccc1NS(=O)(=O)c1cc(C(=O)O)oc1C. The van der Waals surface area contributed by atoms with Gasteiger partial charge in [0.2, 0.25) is 5.76 Å². The number of rotatable bonds is 5. The minimum absolute atomic E-state index is 0.0292. The molecule has 0 fully saturated rings. The van der Waals surface area contributed by atoms with Crippen LogP contribution in [-0.2, 0) is 10.0 Å². The van der Waals surface area contributed by atoms with E-state index in [1.54, 1.807) is 24.3 Å². The molecule has 2 N–H and O–H groups in total. The summed E-state index contributed by atoms with van der Waals surface area (Å²) in [5.41, 5.74) is 0.433. The lowest BCUT2D eigenvalue weighted by atomic mass is 10.3. The fourth-order valence-electron chi connectivity index (χ4n) is 1.77. The highest BCUT2D eigenvalue weighted by Gasteiger charge is 2.24. The molecule has 0 bridgehead atoms. The zero-order valence-electron chi connectivity index (χ0n) is 11.3. The number of hydrogen-bond donors (Lipinski definition) is 2. The molecule has 2 rings (SSSR count). The van der Waals surface area contributed by atoms with E-state index in [0.717, 1.165) is 11.0 Å². The number of carboxylic acid groups (broad SMARTS) is 1.